The minimum atomic E-state index is -0.0116. The molecule has 0 saturated carbocycles. The molecular weight excluding hydrogens is 328 g/mol. The monoisotopic (exact) mass is 354 g/mol. The number of hydrogen-bond acceptors (Lipinski definition) is 4. The third-order valence-electron chi connectivity index (χ3n) is 5.20. The molecular formula is C20H26N4O2. The van der Waals surface area contributed by atoms with E-state index in [2.05, 4.69) is 29.2 Å². The fourth-order valence-electron chi connectivity index (χ4n) is 3.72. The number of rotatable bonds is 4. The van der Waals surface area contributed by atoms with Gasteiger partial charge in [-0.1, -0.05) is 30.3 Å². The van der Waals surface area contributed by atoms with Gasteiger partial charge in [0.25, 0.3) is 0 Å². The van der Waals surface area contributed by atoms with E-state index in [1.165, 1.54) is 12.5 Å². The molecule has 1 aromatic heterocycles. The van der Waals surface area contributed by atoms with Crippen LogP contribution in [-0.2, 0) is 11.3 Å². The molecule has 1 saturated heterocycles. The Kier molecular flexibility index (Phi) is 5.23. The van der Waals surface area contributed by atoms with Crippen molar-refractivity contribution in [3.63, 3.8) is 0 Å². The summed E-state index contributed by atoms with van der Waals surface area (Å²) in [5.74, 6) is 0.0298. The molecule has 1 unspecified atom stereocenters. The topological polar surface area (TPSA) is 58.4 Å². The van der Waals surface area contributed by atoms with Gasteiger partial charge in [-0.15, -0.1) is 0 Å². The van der Waals surface area contributed by atoms with Crippen LogP contribution in [0.5, 0.6) is 0 Å². The molecule has 2 heterocycles. The van der Waals surface area contributed by atoms with Gasteiger partial charge >= 0.3 is 0 Å². The second-order valence-electron chi connectivity index (χ2n) is 7.01. The first-order valence-corrected chi connectivity index (χ1v) is 8.96. The maximum atomic E-state index is 12.9. The molecule has 0 aliphatic carbocycles. The van der Waals surface area contributed by atoms with Crippen LogP contribution >= 0.6 is 0 Å². The minimum Gasteiger partial charge on any atom is -0.338 e. The van der Waals surface area contributed by atoms with E-state index < -0.39 is 0 Å². The Balaban J connectivity index is 1.74. The third kappa shape index (κ3) is 3.55. The predicted molar refractivity (Wildman–Crippen MR) is 100 cm³/mol. The van der Waals surface area contributed by atoms with Crippen LogP contribution in [0.1, 0.15) is 40.3 Å². The Bertz CT molecular complexity index is 813. The van der Waals surface area contributed by atoms with E-state index in [-0.39, 0.29) is 24.3 Å². The summed E-state index contributed by atoms with van der Waals surface area (Å²) in [6.07, 6.45) is 0. The lowest BCUT2D eigenvalue weighted by Crippen LogP contribution is -2.49. The molecule has 138 valence electrons. The van der Waals surface area contributed by atoms with E-state index >= 15 is 0 Å². The van der Waals surface area contributed by atoms with Crippen molar-refractivity contribution < 1.29 is 9.59 Å². The summed E-state index contributed by atoms with van der Waals surface area (Å²) in [7, 11) is 2.10. The van der Waals surface area contributed by atoms with E-state index in [0.717, 1.165) is 12.2 Å². The van der Waals surface area contributed by atoms with E-state index in [4.69, 9.17) is 0 Å². The number of aromatic nitrogens is 2. The first kappa shape index (κ1) is 18.3. The smallest absolute Gasteiger partial charge is 0.244 e. The maximum Gasteiger partial charge on any atom is 0.244 e. The van der Waals surface area contributed by atoms with Crippen molar-refractivity contribution in [3.8, 4) is 0 Å². The second-order valence-corrected chi connectivity index (χ2v) is 7.01. The lowest BCUT2D eigenvalue weighted by atomic mass is 10.0. The molecule has 26 heavy (non-hydrogen) atoms. The summed E-state index contributed by atoms with van der Waals surface area (Å²) in [4.78, 5) is 28.8. The van der Waals surface area contributed by atoms with Crippen LogP contribution in [0, 0.1) is 13.8 Å². The van der Waals surface area contributed by atoms with Crippen LogP contribution in [-0.4, -0.2) is 58.0 Å². The summed E-state index contributed by atoms with van der Waals surface area (Å²) < 4.78 is 1.66. The van der Waals surface area contributed by atoms with E-state index in [1.54, 1.807) is 4.68 Å². The summed E-state index contributed by atoms with van der Waals surface area (Å²) in [5, 5.41) is 4.40. The lowest BCUT2D eigenvalue weighted by Gasteiger charge is -2.39. The molecule has 0 bridgehead atoms. The van der Waals surface area contributed by atoms with Crippen molar-refractivity contribution in [3.05, 3.63) is 52.8 Å². The molecule has 0 N–H and O–H groups in total. The standard InChI is InChI=1S/C20H26N4O2/c1-14-20(16(3)25)15(2)24(21-14)13-19(26)23-11-10-22(4)18(12-23)17-8-6-5-7-9-17/h5-9,18H,10-13H2,1-4H3. The normalized spacial score (nSPS) is 18.2. The zero-order chi connectivity index (χ0) is 18.8. The highest BCUT2D eigenvalue weighted by molar-refractivity contribution is 5.96. The third-order valence-corrected chi connectivity index (χ3v) is 5.20. The number of benzene rings is 1. The lowest BCUT2D eigenvalue weighted by molar-refractivity contribution is -0.134. The maximum absolute atomic E-state index is 12.9. The molecule has 1 amide bonds. The van der Waals surface area contributed by atoms with Gasteiger partial charge in [0.15, 0.2) is 5.78 Å². The zero-order valence-electron chi connectivity index (χ0n) is 15.9. The fourth-order valence-corrected chi connectivity index (χ4v) is 3.72. The van der Waals surface area contributed by atoms with Crippen LogP contribution in [0.25, 0.3) is 0 Å². The highest BCUT2D eigenvalue weighted by Gasteiger charge is 2.29. The molecule has 1 aliphatic heterocycles. The highest BCUT2D eigenvalue weighted by Crippen LogP contribution is 2.24. The van der Waals surface area contributed by atoms with E-state index in [0.29, 0.717) is 24.3 Å². The minimum absolute atomic E-state index is 0.0116. The molecule has 1 aliphatic rings. The van der Waals surface area contributed by atoms with Crippen LogP contribution in [0.4, 0.5) is 0 Å². The number of amides is 1. The predicted octanol–water partition coefficient (Wildman–Crippen LogP) is 2.22. The summed E-state index contributed by atoms with van der Waals surface area (Å²) in [6, 6.07) is 10.5. The number of carbonyl (C=O) groups is 2. The molecule has 0 spiro atoms. The average Bonchev–Trinajstić information content (AvgIpc) is 2.89. The van der Waals surface area contributed by atoms with Gasteiger partial charge in [0.05, 0.1) is 17.3 Å². The summed E-state index contributed by atoms with van der Waals surface area (Å²) in [6.45, 7) is 7.57. The number of ketones is 1. The van der Waals surface area contributed by atoms with E-state index in [1.807, 2.05) is 36.9 Å². The van der Waals surface area contributed by atoms with Gasteiger partial charge in [-0.3, -0.25) is 19.2 Å². The van der Waals surface area contributed by atoms with Crippen LogP contribution in [0.15, 0.2) is 30.3 Å². The quantitative estimate of drug-likeness (QED) is 0.790. The Hall–Kier alpha value is -2.47. The first-order chi connectivity index (χ1) is 12.4. The van der Waals surface area contributed by atoms with Gasteiger partial charge in [-0.2, -0.15) is 5.10 Å². The van der Waals surface area contributed by atoms with Crippen molar-refractivity contribution in [2.45, 2.75) is 33.4 Å². The van der Waals surface area contributed by atoms with Gasteiger partial charge < -0.3 is 4.90 Å². The van der Waals surface area contributed by atoms with Gasteiger partial charge in [0, 0.05) is 25.3 Å². The molecule has 2 aromatic rings. The van der Waals surface area contributed by atoms with Crippen LogP contribution in [0.3, 0.4) is 0 Å². The molecule has 1 atom stereocenters. The van der Waals surface area contributed by atoms with Crippen LogP contribution < -0.4 is 0 Å². The molecule has 6 nitrogen and oxygen atoms in total. The fraction of sp³-hybridized carbons (Fsp3) is 0.450. The number of Topliss-reactive ketones (excluding diaryl/α,β-unsaturated/α-hetero) is 1. The van der Waals surface area contributed by atoms with Crippen LogP contribution in [0.2, 0.25) is 0 Å². The first-order valence-electron chi connectivity index (χ1n) is 8.96. The largest absolute Gasteiger partial charge is 0.338 e. The molecule has 1 fully saturated rings. The number of carbonyl (C=O) groups excluding carboxylic acids is 2. The van der Waals surface area contributed by atoms with Gasteiger partial charge in [0.2, 0.25) is 5.91 Å². The molecule has 1 aromatic carbocycles. The van der Waals surface area contributed by atoms with Crippen molar-refractivity contribution in [2.24, 2.45) is 0 Å². The van der Waals surface area contributed by atoms with Gasteiger partial charge in [-0.25, -0.2) is 0 Å². The van der Waals surface area contributed by atoms with Gasteiger partial charge in [0.1, 0.15) is 6.54 Å². The zero-order valence-corrected chi connectivity index (χ0v) is 15.9. The van der Waals surface area contributed by atoms with Gasteiger partial charge in [-0.05, 0) is 33.4 Å². The van der Waals surface area contributed by atoms with Crippen molar-refractivity contribution in [1.29, 1.82) is 0 Å². The Labute approximate surface area is 154 Å². The number of aryl methyl sites for hydroxylation is 1. The summed E-state index contributed by atoms with van der Waals surface area (Å²) >= 11 is 0. The second kappa shape index (κ2) is 7.41. The average molecular weight is 354 g/mol. The number of nitrogens with zero attached hydrogens (tertiary/aromatic N) is 4. The van der Waals surface area contributed by atoms with E-state index in [9.17, 15) is 9.59 Å². The van der Waals surface area contributed by atoms with Crippen molar-refractivity contribution in [1.82, 2.24) is 19.6 Å². The SMILES string of the molecule is CC(=O)c1c(C)nn(CC(=O)N2CCN(C)C(c3ccccc3)C2)c1C. The molecule has 6 heteroatoms. The number of hydrogen-bond donors (Lipinski definition) is 0. The Morgan fingerprint density at radius 2 is 1.85 bits per heavy atom. The number of likely N-dealkylation sites (N-methyl/N-ethyl adjacent to an activating group) is 1. The summed E-state index contributed by atoms with van der Waals surface area (Å²) in [5.41, 5.74) is 3.29. The molecule has 0 radical (unpaired) electrons. The van der Waals surface area contributed by atoms with Crippen molar-refractivity contribution in [2.75, 3.05) is 26.7 Å². The highest BCUT2D eigenvalue weighted by atomic mass is 16.2. The molecule has 3 rings (SSSR count). The number of piperazine rings is 1. The Morgan fingerprint density at radius 1 is 1.15 bits per heavy atom. The Morgan fingerprint density at radius 3 is 2.46 bits per heavy atom. The van der Waals surface area contributed by atoms with Crippen molar-refractivity contribution >= 4 is 11.7 Å².